The molecule has 0 atom stereocenters. The molecule has 0 radical (unpaired) electrons. The molecule has 0 spiro atoms. The molecular weight excluding hydrogens is 367 g/mol. The molecule has 3 rings (SSSR count). The summed E-state index contributed by atoms with van der Waals surface area (Å²) < 4.78 is 0. The van der Waals surface area contributed by atoms with Gasteiger partial charge >= 0.3 is 177 Å². The van der Waals surface area contributed by atoms with Gasteiger partial charge in [0.05, 0.1) is 0 Å². The molecular formula is C28H33P. The maximum atomic E-state index is 2.51. The van der Waals surface area contributed by atoms with Crippen LogP contribution in [0.15, 0.2) is 114 Å². The second-order valence-corrected chi connectivity index (χ2v) is 12.0. The minimum atomic E-state index is -2.14. The monoisotopic (exact) mass is 400 g/mol. The van der Waals surface area contributed by atoms with Gasteiger partial charge in [0.15, 0.2) is 0 Å². The first kappa shape index (κ1) is 21.3. The van der Waals surface area contributed by atoms with Crippen LogP contribution in [-0.4, -0.2) is 6.16 Å². The number of rotatable bonds is 8. The Hall–Kier alpha value is -2.43. The number of hydrogen-bond acceptors (Lipinski definition) is 0. The fourth-order valence-electron chi connectivity index (χ4n) is 4.04. The molecule has 0 amide bonds. The third-order valence-electron chi connectivity index (χ3n) is 5.65. The summed E-state index contributed by atoms with van der Waals surface area (Å²) >= 11 is 0. The third kappa shape index (κ3) is 5.34. The molecule has 0 saturated heterocycles. The topological polar surface area (TPSA) is 0 Å². The van der Waals surface area contributed by atoms with Crippen molar-refractivity contribution in [2.75, 3.05) is 6.16 Å². The fourth-order valence-corrected chi connectivity index (χ4v) is 8.69. The van der Waals surface area contributed by atoms with Crippen LogP contribution < -0.4 is 15.9 Å². The normalized spacial score (nSPS) is 12.4. The van der Waals surface area contributed by atoms with Gasteiger partial charge < -0.3 is 0 Å². The van der Waals surface area contributed by atoms with Crippen LogP contribution >= 0.6 is 7.26 Å². The average molecular weight is 401 g/mol. The Kier molecular flexibility index (Phi) is 7.62. The Morgan fingerprint density at radius 2 is 1.03 bits per heavy atom. The van der Waals surface area contributed by atoms with E-state index in [-0.39, 0.29) is 0 Å². The zero-order chi connectivity index (χ0) is 20.5. The van der Waals surface area contributed by atoms with Gasteiger partial charge in [-0.15, -0.1) is 0 Å². The first-order chi connectivity index (χ1) is 14.1. The molecule has 150 valence electrons. The standard InChI is InChI=1S/C28H33P/c1-24(2)14-13-15-25(3)22-23-29(26-16-7-4-8-17-26,27-18-9-5-10-19-27)28-20-11-6-12-21-28/h4-12,14,16-22,29H,13,15,23H2,1-3H3/b25-22+. The molecule has 0 bridgehead atoms. The van der Waals surface area contributed by atoms with Crippen LogP contribution in [0.25, 0.3) is 0 Å². The van der Waals surface area contributed by atoms with Crippen molar-refractivity contribution in [1.29, 1.82) is 0 Å². The summed E-state index contributed by atoms with van der Waals surface area (Å²) in [5.74, 6) is 0. The van der Waals surface area contributed by atoms with Crippen molar-refractivity contribution in [1.82, 2.24) is 0 Å². The molecule has 0 heterocycles. The van der Waals surface area contributed by atoms with Crippen LogP contribution in [0.5, 0.6) is 0 Å². The van der Waals surface area contributed by atoms with E-state index in [4.69, 9.17) is 0 Å². The molecule has 3 aromatic carbocycles. The van der Waals surface area contributed by atoms with Crippen LogP contribution in [0.1, 0.15) is 33.6 Å². The molecule has 29 heavy (non-hydrogen) atoms. The molecule has 0 aliphatic rings. The summed E-state index contributed by atoms with van der Waals surface area (Å²) in [4.78, 5) is 0. The van der Waals surface area contributed by atoms with E-state index in [1.54, 1.807) is 0 Å². The van der Waals surface area contributed by atoms with Gasteiger partial charge in [-0.1, -0.05) is 0 Å². The van der Waals surface area contributed by atoms with Crippen LogP contribution in [0, 0.1) is 0 Å². The van der Waals surface area contributed by atoms with Gasteiger partial charge in [-0.2, -0.15) is 0 Å². The molecule has 0 aliphatic heterocycles. The molecule has 0 aromatic heterocycles. The van der Waals surface area contributed by atoms with E-state index in [1.165, 1.54) is 27.1 Å². The van der Waals surface area contributed by atoms with Crippen LogP contribution in [0.2, 0.25) is 0 Å². The second-order valence-electron chi connectivity index (χ2n) is 8.08. The van der Waals surface area contributed by atoms with E-state index in [9.17, 15) is 0 Å². The predicted molar refractivity (Wildman–Crippen MR) is 134 cm³/mol. The number of benzene rings is 3. The molecule has 0 N–H and O–H groups in total. The van der Waals surface area contributed by atoms with Crippen molar-refractivity contribution in [3.8, 4) is 0 Å². The van der Waals surface area contributed by atoms with E-state index in [0.717, 1.165) is 19.0 Å². The Bertz CT molecular complexity index is 837. The summed E-state index contributed by atoms with van der Waals surface area (Å²) in [5, 5.41) is 4.43. The van der Waals surface area contributed by atoms with Crippen molar-refractivity contribution < 1.29 is 0 Å². The second kappa shape index (κ2) is 10.4. The van der Waals surface area contributed by atoms with E-state index in [2.05, 4.69) is 124 Å². The van der Waals surface area contributed by atoms with Crippen LogP contribution in [0.4, 0.5) is 0 Å². The van der Waals surface area contributed by atoms with Crippen molar-refractivity contribution >= 4 is 23.2 Å². The van der Waals surface area contributed by atoms with Crippen molar-refractivity contribution in [3.05, 3.63) is 114 Å². The van der Waals surface area contributed by atoms with Crippen molar-refractivity contribution in [2.45, 2.75) is 33.6 Å². The molecule has 1 heteroatoms. The SMILES string of the molecule is CC(C)=CCC/C(C)=C/C[PH](c1ccccc1)(c1ccccc1)c1ccccc1. The molecule has 0 fully saturated rings. The Morgan fingerprint density at radius 1 is 0.621 bits per heavy atom. The molecule has 0 aliphatic carbocycles. The molecule has 3 aromatic rings. The maximum absolute atomic E-state index is 2.51. The average Bonchev–Trinajstić information content (AvgIpc) is 2.76. The number of allylic oxidation sites excluding steroid dienone is 4. The Balaban J connectivity index is 2.09. The summed E-state index contributed by atoms with van der Waals surface area (Å²) in [7, 11) is -2.14. The van der Waals surface area contributed by atoms with E-state index in [1.807, 2.05) is 0 Å². The van der Waals surface area contributed by atoms with Crippen LogP contribution in [0.3, 0.4) is 0 Å². The summed E-state index contributed by atoms with van der Waals surface area (Å²) in [6.45, 7) is 6.65. The van der Waals surface area contributed by atoms with Crippen molar-refractivity contribution in [2.24, 2.45) is 0 Å². The first-order valence-corrected chi connectivity index (χ1v) is 12.8. The van der Waals surface area contributed by atoms with Gasteiger partial charge in [0.2, 0.25) is 0 Å². The Morgan fingerprint density at radius 3 is 1.41 bits per heavy atom. The first-order valence-electron chi connectivity index (χ1n) is 10.6. The zero-order valence-corrected chi connectivity index (χ0v) is 18.9. The van der Waals surface area contributed by atoms with Gasteiger partial charge in [0.25, 0.3) is 0 Å². The molecule has 0 nitrogen and oxygen atoms in total. The van der Waals surface area contributed by atoms with Gasteiger partial charge in [-0.05, 0) is 0 Å². The van der Waals surface area contributed by atoms with Crippen LogP contribution in [-0.2, 0) is 0 Å². The van der Waals surface area contributed by atoms with E-state index >= 15 is 0 Å². The van der Waals surface area contributed by atoms with E-state index < -0.39 is 7.26 Å². The van der Waals surface area contributed by atoms with Gasteiger partial charge in [0, 0.05) is 0 Å². The third-order valence-corrected chi connectivity index (χ3v) is 10.4. The molecule has 0 unspecified atom stereocenters. The quantitative estimate of drug-likeness (QED) is 0.303. The predicted octanol–water partition coefficient (Wildman–Crippen LogP) is 6.41. The minimum absolute atomic E-state index is 1.09. The number of hydrogen-bond donors (Lipinski definition) is 0. The van der Waals surface area contributed by atoms with Gasteiger partial charge in [0.1, 0.15) is 0 Å². The summed E-state index contributed by atoms with van der Waals surface area (Å²) in [6.07, 6.45) is 8.20. The fraction of sp³-hybridized carbons (Fsp3) is 0.214. The van der Waals surface area contributed by atoms with E-state index in [0.29, 0.717) is 0 Å². The van der Waals surface area contributed by atoms with Gasteiger partial charge in [-0.25, -0.2) is 0 Å². The molecule has 0 saturated carbocycles. The summed E-state index contributed by atoms with van der Waals surface area (Å²) in [6, 6.07) is 33.5. The van der Waals surface area contributed by atoms with Gasteiger partial charge in [-0.3, -0.25) is 0 Å². The zero-order valence-electron chi connectivity index (χ0n) is 17.9. The van der Waals surface area contributed by atoms with Crippen molar-refractivity contribution in [3.63, 3.8) is 0 Å². The summed E-state index contributed by atoms with van der Waals surface area (Å²) in [5.41, 5.74) is 2.89. The Labute approximate surface area is 177 Å².